The van der Waals surface area contributed by atoms with Crippen LogP contribution < -0.4 is 10.6 Å². The van der Waals surface area contributed by atoms with Crippen molar-refractivity contribution in [3.05, 3.63) is 92.4 Å². The number of nitrogens with one attached hydrogen (secondary N) is 2. The molecule has 2 aromatic carbocycles. The molecule has 3 N–H and O–H groups in total. The number of carbonyl (C=O) groups excluding carboxylic acids is 3. The third kappa shape index (κ3) is 6.77. The summed E-state index contributed by atoms with van der Waals surface area (Å²) in [4.78, 5) is 65.3. The molecule has 2 unspecified atom stereocenters. The van der Waals surface area contributed by atoms with Crippen LogP contribution in [0.1, 0.15) is 22.9 Å². The highest BCUT2D eigenvalue weighted by molar-refractivity contribution is 7.10. The van der Waals surface area contributed by atoms with Crippen LogP contribution in [0.5, 0.6) is 0 Å². The molecule has 1 fully saturated rings. The van der Waals surface area contributed by atoms with Crippen LogP contribution >= 0.6 is 11.3 Å². The first-order chi connectivity index (χ1) is 19.1. The topological polar surface area (TPSA) is 162 Å². The second-order valence-corrected chi connectivity index (χ2v) is 9.89. The summed E-state index contributed by atoms with van der Waals surface area (Å²) >= 11 is 1.35. The number of carboxylic acids is 1. The predicted molar refractivity (Wildman–Crippen MR) is 142 cm³/mol. The average molecular weight is 570 g/mol. The molecule has 0 radical (unpaired) electrons. The Morgan fingerprint density at radius 1 is 1.07 bits per heavy atom. The number of anilines is 1. The minimum Gasteiger partial charge on any atom is -0.481 e. The summed E-state index contributed by atoms with van der Waals surface area (Å²) in [5.41, 5.74) is -0.00473. The Morgan fingerprint density at radius 2 is 1.82 bits per heavy atom. The first-order valence-electron chi connectivity index (χ1n) is 12.0. The summed E-state index contributed by atoms with van der Waals surface area (Å²) in [5, 5.41) is 27.6. The van der Waals surface area contributed by atoms with Crippen LogP contribution in [0.3, 0.4) is 0 Å². The van der Waals surface area contributed by atoms with Crippen molar-refractivity contribution in [3.8, 4) is 0 Å². The third-order valence-electron chi connectivity index (χ3n) is 6.15. The van der Waals surface area contributed by atoms with E-state index in [1.54, 1.807) is 17.5 Å². The molecule has 1 aliphatic rings. The van der Waals surface area contributed by atoms with E-state index in [4.69, 9.17) is 0 Å². The predicted octanol–water partition coefficient (Wildman–Crippen LogP) is 3.37. The van der Waals surface area contributed by atoms with E-state index >= 15 is 0 Å². The van der Waals surface area contributed by atoms with E-state index in [1.165, 1.54) is 52.6 Å². The quantitative estimate of drug-likeness (QED) is 0.263. The molecular formula is C26H24FN5O7S. The highest BCUT2D eigenvalue weighted by atomic mass is 32.1. The number of hydrogen-bond donors (Lipinski definition) is 3. The van der Waals surface area contributed by atoms with Crippen LogP contribution in [0, 0.1) is 15.9 Å². The van der Waals surface area contributed by atoms with Crippen molar-refractivity contribution in [1.82, 2.24) is 15.1 Å². The fourth-order valence-electron chi connectivity index (χ4n) is 4.34. The lowest BCUT2D eigenvalue weighted by Gasteiger charge is -2.30. The van der Waals surface area contributed by atoms with Gasteiger partial charge in [0, 0.05) is 35.8 Å². The normalized spacial score (nSPS) is 15.4. The Labute approximate surface area is 231 Å². The van der Waals surface area contributed by atoms with Gasteiger partial charge in [-0.25, -0.2) is 9.18 Å². The number of aliphatic carboxylic acids is 1. The van der Waals surface area contributed by atoms with Gasteiger partial charge in [0.1, 0.15) is 5.82 Å². The molecule has 0 bridgehead atoms. The number of halogens is 1. The van der Waals surface area contributed by atoms with Crippen LogP contribution in [0.25, 0.3) is 0 Å². The number of rotatable bonds is 9. The second-order valence-electron chi connectivity index (χ2n) is 8.86. The molecule has 1 saturated heterocycles. The van der Waals surface area contributed by atoms with Gasteiger partial charge in [-0.15, -0.1) is 11.3 Å². The van der Waals surface area contributed by atoms with Gasteiger partial charge in [0.2, 0.25) is 5.91 Å². The zero-order valence-electron chi connectivity index (χ0n) is 20.9. The van der Waals surface area contributed by atoms with Crippen molar-refractivity contribution in [2.24, 2.45) is 0 Å². The standard InChI is InChI=1S/C26H24FN5O7S/c27-17-5-2-6-18(13-17)28-26(37)31-10-9-30(22(33)14-20-8-3-11-40-20)25(31)24(36)29-21(15-23(34)35)16-4-1-7-19(12-16)32(38)39/h1-8,11-13,21,25H,9-10,14-15H2,(H,28,37)(H,29,36)(H,34,35). The molecule has 0 spiro atoms. The number of urea groups is 1. The monoisotopic (exact) mass is 569 g/mol. The molecule has 2 atom stereocenters. The van der Waals surface area contributed by atoms with Crippen LogP contribution in [0.4, 0.5) is 20.6 Å². The largest absolute Gasteiger partial charge is 0.481 e. The molecule has 1 aliphatic heterocycles. The number of carboxylic acid groups (broad SMARTS) is 1. The number of thiophene rings is 1. The lowest BCUT2D eigenvalue weighted by atomic mass is 10.0. The number of hydrogen-bond acceptors (Lipinski definition) is 7. The molecule has 2 heterocycles. The number of nitrogens with zero attached hydrogens (tertiary/aromatic N) is 3. The summed E-state index contributed by atoms with van der Waals surface area (Å²) in [5.74, 6) is -3.16. The number of non-ortho nitro benzene ring substituents is 1. The first-order valence-corrected chi connectivity index (χ1v) is 12.9. The summed E-state index contributed by atoms with van der Waals surface area (Å²) in [6.07, 6.45) is -2.10. The van der Waals surface area contributed by atoms with Crippen molar-refractivity contribution in [2.45, 2.75) is 25.0 Å². The Bertz CT molecular complexity index is 1430. The summed E-state index contributed by atoms with van der Waals surface area (Å²) < 4.78 is 13.7. The van der Waals surface area contributed by atoms with E-state index in [-0.39, 0.29) is 36.4 Å². The molecule has 4 rings (SSSR count). The maximum absolute atomic E-state index is 13.7. The van der Waals surface area contributed by atoms with Crippen molar-refractivity contribution in [2.75, 3.05) is 18.4 Å². The maximum Gasteiger partial charge on any atom is 0.323 e. The molecule has 40 heavy (non-hydrogen) atoms. The second kappa shape index (κ2) is 12.3. The lowest BCUT2D eigenvalue weighted by Crippen LogP contribution is -2.55. The van der Waals surface area contributed by atoms with Gasteiger partial charge in [0.15, 0.2) is 6.17 Å². The Morgan fingerprint density at radius 3 is 2.50 bits per heavy atom. The van der Waals surface area contributed by atoms with Crippen LogP contribution in [-0.4, -0.2) is 62.9 Å². The van der Waals surface area contributed by atoms with Gasteiger partial charge in [0.25, 0.3) is 11.6 Å². The van der Waals surface area contributed by atoms with Crippen molar-refractivity contribution >= 4 is 46.5 Å². The SMILES string of the molecule is O=C(O)CC(NC(=O)C1N(C(=O)Cc2cccs2)CCN1C(=O)Nc1cccc(F)c1)c1cccc([N+](=O)[O-])c1. The molecule has 208 valence electrons. The van der Waals surface area contributed by atoms with E-state index in [0.29, 0.717) is 0 Å². The lowest BCUT2D eigenvalue weighted by molar-refractivity contribution is -0.384. The van der Waals surface area contributed by atoms with E-state index < -0.39 is 53.2 Å². The summed E-state index contributed by atoms with van der Waals surface area (Å²) in [7, 11) is 0. The van der Waals surface area contributed by atoms with Crippen molar-refractivity contribution < 1.29 is 33.6 Å². The molecule has 14 heteroatoms. The number of carbonyl (C=O) groups is 4. The smallest absolute Gasteiger partial charge is 0.323 e. The van der Waals surface area contributed by atoms with Gasteiger partial charge < -0.3 is 20.6 Å². The van der Waals surface area contributed by atoms with E-state index in [0.717, 1.165) is 21.9 Å². The summed E-state index contributed by atoms with van der Waals surface area (Å²) in [6, 6.07) is 11.9. The Balaban J connectivity index is 1.62. The minimum absolute atomic E-state index is 0.0132. The zero-order chi connectivity index (χ0) is 28.8. The van der Waals surface area contributed by atoms with Gasteiger partial charge >= 0.3 is 12.0 Å². The van der Waals surface area contributed by atoms with Crippen LogP contribution in [-0.2, 0) is 20.8 Å². The Kier molecular flexibility index (Phi) is 8.69. The number of amides is 4. The molecule has 3 aromatic rings. The zero-order valence-corrected chi connectivity index (χ0v) is 21.7. The van der Waals surface area contributed by atoms with Crippen LogP contribution in [0.2, 0.25) is 0 Å². The fraction of sp³-hybridized carbons (Fsp3) is 0.231. The van der Waals surface area contributed by atoms with E-state index in [9.17, 15) is 38.8 Å². The highest BCUT2D eigenvalue weighted by Gasteiger charge is 2.43. The van der Waals surface area contributed by atoms with Gasteiger partial charge in [-0.1, -0.05) is 24.3 Å². The molecule has 12 nitrogen and oxygen atoms in total. The highest BCUT2D eigenvalue weighted by Crippen LogP contribution is 2.25. The van der Waals surface area contributed by atoms with Crippen molar-refractivity contribution in [3.63, 3.8) is 0 Å². The van der Waals surface area contributed by atoms with Gasteiger partial charge in [-0.05, 0) is 35.2 Å². The number of nitro groups is 1. The average Bonchev–Trinajstić information content (AvgIpc) is 3.58. The molecule has 4 amide bonds. The first kappa shape index (κ1) is 28.2. The third-order valence-corrected chi connectivity index (χ3v) is 7.02. The van der Waals surface area contributed by atoms with Gasteiger partial charge in [0.05, 0.1) is 23.8 Å². The summed E-state index contributed by atoms with van der Waals surface area (Å²) in [6.45, 7) is -0.0188. The Hall–Kier alpha value is -4.85. The van der Waals surface area contributed by atoms with Crippen LogP contribution in [0.15, 0.2) is 66.0 Å². The number of nitro benzene ring substituents is 1. The van der Waals surface area contributed by atoms with Crippen molar-refractivity contribution in [1.29, 1.82) is 0 Å². The molecular weight excluding hydrogens is 545 g/mol. The van der Waals surface area contributed by atoms with E-state index in [2.05, 4.69) is 10.6 Å². The molecule has 0 saturated carbocycles. The van der Waals surface area contributed by atoms with Gasteiger partial charge in [-0.3, -0.25) is 29.4 Å². The van der Waals surface area contributed by atoms with E-state index in [1.807, 2.05) is 0 Å². The molecule has 0 aliphatic carbocycles. The van der Waals surface area contributed by atoms with Gasteiger partial charge in [-0.2, -0.15) is 0 Å². The maximum atomic E-state index is 13.7. The number of benzene rings is 2. The minimum atomic E-state index is -1.46. The molecule has 1 aromatic heterocycles. The fourth-order valence-corrected chi connectivity index (χ4v) is 5.03.